The Morgan fingerprint density at radius 1 is 0.757 bits per heavy atom. The zero-order chi connectivity index (χ0) is 25.6. The van der Waals surface area contributed by atoms with Crippen LogP contribution in [-0.2, 0) is 17.9 Å². The lowest BCUT2D eigenvalue weighted by molar-refractivity contribution is -0.110. The third-order valence-corrected chi connectivity index (χ3v) is 6.31. The van der Waals surface area contributed by atoms with E-state index in [1.165, 1.54) is 11.1 Å². The molecule has 0 aliphatic carbocycles. The Morgan fingerprint density at radius 3 is 2.00 bits per heavy atom. The number of hydrogen-bond donors (Lipinski definition) is 3. The highest BCUT2D eigenvalue weighted by Crippen LogP contribution is 2.43. The molecule has 0 radical (unpaired) electrons. The number of carbonyl (C=O) groups is 1. The Kier molecular flexibility index (Phi) is 7.19. The van der Waals surface area contributed by atoms with E-state index in [1.54, 1.807) is 20.3 Å². The predicted molar refractivity (Wildman–Crippen MR) is 148 cm³/mol. The fourth-order valence-corrected chi connectivity index (χ4v) is 4.43. The summed E-state index contributed by atoms with van der Waals surface area (Å²) in [6.45, 7) is 1.58. The average Bonchev–Trinajstić information content (AvgIpc) is 3.27. The number of fused-ring (bicyclic) bond motifs is 1. The van der Waals surface area contributed by atoms with Crippen LogP contribution in [0.1, 0.15) is 22.3 Å². The van der Waals surface area contributed by atoms with Crippen LogP contribution in [0.2, 0.25) is 0 Å². The first kappa shape index (κ1) is 24.2. The maximum absolute atomic E-state index is 13.2. The van der Waals surface area contributed by atoms with Gasteiger partial charge >= 0.3 is 0 Å². The van der Waals surface area contributed by atoms with Crippen LogP contribution in [0.25, 0.3) is 11.3 Å². The molecule has 37 heavy (non-hydrogen) atoms. The normalized spacial score (nSPS) is 13.5. The molecule has 4 aromatic carbocycles. The van der Waals surface area contributed by atoms with Crippen LogP contribution >= 0.6 is 0 Å². The van der Waals surface area contributed by atoms with Crippen LogP contribution in [0, 0.1) is 0 Å². The SMILES string of the molecule is COc1cc2c(cc1OC)/C(=C(/Nc1ccc(CNCc3ccccc3)cc1)c1ccccc1)C(=O)N2. The van der Waals surface area contributed by atoms with Crippen molar-refractivity contribution in [1.29, 1.82) is 0 Å². The van der Waals surface area contributed by atoms with Gasteiger partial charge in [-0.3, -0.25) is 4.79 Å². The van der Waals surface area contributed by atoms with E-state index in [2.05, 4.69) is 40.2 Å². The van der Waals surface area contributed by atoms with Crippen molar-refractivity contribution < 1.29 is 14.3 Å². The van der Waals surface area contributed by atoms with E-state index < -0.39 is 0 Å². The van der Waals surface area contributed by atoms with Crippen molar-refractivity contribution in [3.8, 4) is 11.5 Å². The van der Waals surface area contributed by atoms with Crippen LogP contribution in [-0.4, -0.2) is 20.1 Å². The van der Waals surface area contributed by atoms with Gasteiger partial charge in [-0.25, -0.2) is 0 Å². The summed E-state index contributed by atoms with van der Waals surface area (Å²) in [6, 6.07) is 32.1. The summed E-state index contributed by atoms with van der Waals surface area (Å²) in [4.78, 5) is 13.2. The van der Waals surface area contributed by atoms with E-state index in [0.717, 1.165) is 35.6 Å². The minimum absolute atomic E-state index is 0.182. The Balaban J connectivity index is 1.43. The Morgan fingerprint density at radius 2 is 1.35 bits per heavy atom. The molecule has 5 rings (SSSR count). The molecule has 0 bridgehead atoms. The molecule has 186 valence electrons. The maximum Gasteiger partial charge on any atom is 0.258 e. The molecule has 1 aliphatic rings. The highest BCUT2D eigenvalue weighted by molar-refractivity contribution is 6.37. The second-order valence-electron chi connectivity index (χ2n) is 8.73. The fourth-order valence-electron chi connectivity index (χ4n) is 4.43. The summed E-state index contributed by atoms with van der Waals surface area (Å²) in [7, 11) is 3.17. The van der Waals surface area contributed by atoms with E-state index >= 15 is 0 Å². The van der Waals surface area contributed by atoms with Crippen molar-refractivity contribution in [1.82, 2.24) is 5.32 Å². The maximum atomic E-state index is 13.2. The second-order valence-corrected chi connectivity index (χ2v) is 8.73. The van der Waals surface area contributed by atoms with Gasteiger partial charge in [-0.1, -0.05) is 72.8 Å². The lowest BCUT2D eigenvalue weighted by atomic mass is 9.99. The highest BCUT2D eigenvalue weighted by Gasteiger charge is 2.30. The van der Waals surface area contributed by atoms with Gasteiger partial charge in [-0.2, -0.15) is 0 Å². The van der Waals surface area contributed by atoms with Gasteiger partial charge in [-0.05, 0) is 34.9 Å². The van der Waals surface area contributed by atoms with E-state index in [0.29, 0.717) is 22.8 Å². The second kappa shape index (κ2) is 11.0. The summed E-state index contributed by atoms with van der Waals surface area (Å²) >= 11 is 0. The summed E-state index contributed by atoms with van der Waals surface area (Å²) in [5.74, 6) is 0.946. The third kappa shape index (κ3) is 5.34. The van der Waals surface area contributed by atoms with Crippen molar-refractivity contribution >= 4 is 28.6 Å². The Bertz CT molecular complexity index is 1420. The van der Waals surface area contributed by atoms with E-state index in [4.69, 9.17) is 9.47 Å². The number of amides is 1. The highest BCUT2D eigenvalue weighted by atomic mass is 16.5. The summed E-state index contributed by atoms with van der Waals surface area (Å²) < 4.78 is 10.9. The standard InChI is InChI=1S/C31H29N3O3/c1-36-27-17-25-26(18-28(27)37-2)34-31(35)29(25)30(23-11-7-4-8-12-23)33-24-15-13-22(14-16-24)20-32-19-21-9-5-3-6-10-21/h3-18,32-33H,19-20H2,1-2H3,(H,34,35)/b30-29-. The molecule has 0 aromatic heterocycles. The van der Waals surface area contributed by atoms with Crippen molar-refractivity contribution in [2.24, 2.45) is 0 Å². The molecule has 0 saturated carbocycles. The molecule has 3 N–H and O–H groups in total. The van der Waals surface area contributed by atoms with Crippen LogP contribution < -0.4 is 25.4 Å². The smallest absolute Gasteiger partial charge is 0.258 e. The number of ether oxygens (including phenoxy) is 2. The fraction of sp³-hybridized carbons (Fsp3) is 0.129. The van der Waals surface area contributed by atoms with Gasteiger partial charge in [0.2, 0.25) is 0 Å². The average molecular weight is 492 g/mol. The van der Waals surface area contributed by atoms with Gasteiger partial charge in [0.1, 0.15) is 0 Å². The third-order valence-electron chi connectivity index (χ3n) is 6.31. The number of hydrogen-bond acceptors (Lipinski definition) is 5. The molecule has 1 aliphatic heterocycles. The van der Waals surface area contributed by atoms with Gasteiger partial charge in [0.05, 0.1) is 31.2 Å². The molecule has 1 heterocycles. The summed E-state index contributed by atoms with van der Waals surface area (Å²) in [5, 5.41) is 9.97. The van der Waals surface area contributed by atoms with Crippen LogP contribution in [0.15, 0.2) is 97.1 Å². The van der Waals surface area contributed by atoms with Crippen LogP contribution in [0.3, 0.4) is 0 Å². The molecule has 1 amide bonds. The Labute approximate surface area is 217 Å². The van der Waals surface area contributed by atoms with E-state index in [-0.39, 0.29) is 5.91 Å². The molecular formula is C31H29N3O3. The number of rotatable bonds is 9. The van der Waals surface area contributed by atoms with Crippen molar-refractivity contribution in [3.63, 3.8) is 0 Å². The number of anilines is 2. The van der Waals surface area contributed by atoms with Gasteiger partial charge in [0.25, 0.3) is 5.91 Å². The molecule has 0 unspecified atom stereocenters. The number of benzene rings is 4. The number of carbonyl (C=O) groups excluding carboxylic acids is 1. The molecule has 0 fully saturated rings. The minimum Gasteiger partial charge on any atom is -0.493 e. The number of methoxy groups -OCH3 is 2. The van der Waals surface area contributed by atoms with E-state index in [1.807, 2.05) is 66.7 Å². The number of nitrogens with one attached hydrogen (secondary N) is 3. The molecule has 4 aromatic rings. The van der Waals surface area contributed by atoms with Gasteiger partial charge in [0, 0.05) is 30.4 Å². The van der Waals surface area contributed by atoms with Gasteiger partial charge < -0.3 is 25.4 Å². The largest absolute Gasteiger partial charge is 0.493 e. The lowest BCUT2D eigenvalue weighted by Crippen LogP contribution is -2.12. The molecule has 6 nitrogen and oxygen atoms in total. The Hall–Kier alpha value is -4.55. The molecular weight excluding hydrogens is 462 g/mol. The molecule has 0 spiro atoms. The summed E-state index contributed by atoms with van der Waals surface area (Å²) in [6.07, 6.45) is 0. The monoisotopic (exact) mass is 491 g/mol. The summed E-state index contributed by atoms with van der Waals surface area (Å²) in [5.41, 5.74) is 6.95. The predicted octanol–water partition coefficient (Wildman–Crippen LogP) is 5.93. The zero-order valence-electron chi connectivity index (χ0n) is 20.9. The van der Waals surface area contributed by atoms with Gasteiger partial charge in [0.15, 0.2) is 11.5 Å². The lowest BCUT2D eigenvalue weighted by Gasteiger charge is -2.16. The molecule has 0 saturated heterocycles. The first-order chi connectivity index (χ1) is 18.2. The quantitative estimate of drug-likeness (QED) is 0.253. The van der Waals surface area contributed by atoms with Crippen molar-refractivity contribution in [2.75, 3.05) is 24.9 Å². The van der Waals surface area contributed by atoms with E-state index in [9.17, 15) is 4.79 Å². The van der Waals surface area contributed by atoms with Crippen LogP contribution in [0.5, 0.6) is 11.5 Å². The minimum atomic E-state index is -0.182. The zero-order valence-corrected chi connectivity index (χ0v) is 20.9. The topological polar surface area (TPSA) is 71.6 Å². The van der Waals surface area contributed by atoms with Crippen molar-refractivity contribution in [3.05, 3.63) is 119 Å². The molecule has 6 heteroatoms. The molecule has 0 atom stereocenters. The van der Waals surface area contributed by atoms with Crippen molar-refractivity contribution in [2.45, 2.75) is 13.1 Å². The van der Waals surface area contributed by atoms with Crippen LogP contribution in [0.4, 0.5) is 11.4 Å². The first-order valence-electron chi connectivity index (χ1n) is 12.1. The van der Waals surface area contributed by atoms with Gasteiger partial charge in [-0.15, -0.1) is 0 Å². The first-order valence-corrected chi connectivity index (χ1v) is 12.1.